The number of amides is 1. The molecule has 2 rings (SSSR count). The minimum Gasteiger partial charge on any atom is -0.352 e. The Hall–Kier alpha value is -0.830. The molecule has 3 N–H and O–H groups in total. The Kier molecular flexibility index (Phi) is 5.90. The largest absolute Gasteiger partial charge is 0.352 e. The van der Waals surface area contributed by atoms with Gasteiger partial charge in [0.2, 0.25) is 5.91 Å². The Bertz CT molecular complexity index is 319. The van der Waals surface area contributed by atoms with Crippen LogP contribution in [0.15, 0.2) is 11.6 Å². The average molecular weight is 264 g/mol. The summed E-state index contributed by atoms with van der Waals surface area (Å²) in [4.78, 5) is 12.1. The first kappa shape index (κ1) is 14.6. The first-order chi connectivity index (χ1) is 9.29. The second kappa shape index (κ2) is 7.68. The average Bonchev–Trinajstić information content (AvgIpc) is 2.47. The molecule has 1 amide bonds. The molecule has 1 saturated carbocycles. The molecule has 0 saturated heterocycles. The van der Waals surface area contributed by atoms with Crippen LogP contribution in [-0.2, 0) is 4.79 Å². The summed E-state index contributed by atoms with van der Waals surface area (Å²) in [5.74, 6) is 0.775. The third-order valence-corrected chi connectivity index (χ3v) is 4.59. The van der Waals surface area contributed by atoms with Crippen LogP contribution in [0.3, 0.4) is 0 Å². The quantitative estimate of drug-likeness (QED) is 0.750. The van der Waals surface area contributed by atoms with Crippen molar-refractivity contribution in [1.82, 2.24) is 5.32 Å². The molecule has 3 heteroatoms. The maximum absolute atomic E-state index is 12.1. The van der Waals surface area contributed by atoms with Crippen molar-refractivity contribution in [2.24, 2.45) is 11.7 Å². The lowest BCUT2D eigenvalue weighted by molar-refractivity contribution is -0.121. The zero-order valence-corrected chi connectivity index (χ0v) is 12.0. The van der Waals surface area contributed by atoms with E-state index in [0.717, 1.165) is 12.8 Å². The van der Waals surface area contributed by atoms with Crippen molar-refractivity contribution in [3.05, 3.63) is 11.6 Å². The second-order valence-corrected chi connectivity index (χ2v) is 6.09. The number of hydrogen-bond acceptors (Lipinski definition) is 2. The van der Waals surface area contributed by atoms with Crippen LogP contribution >= 0.6 is 0 Å². The van der Waals surface area contributed by atoms with Gasteiger partial charge in [-0.2, -0.15) is 0 Å². The van der Waals surface area contributed by atoms with Crippen molar-refractivity contribution in [2.75, 3.05) is 6.54 Å². The molecule has 0 aromatic heterocycles. The Labute approximate surface area is 117 Å². The maximum atomic E-state index is 12.1. The lowest BCUT2D eigenvalue weighted by Gasteiger charge is -2.30. The van der Waals surface area contributed by atoms with Gasteiger partial charge in [-0.15, -0.1) is 0 Å². The third kappa shape index (κ3) is 4.64. The van der Waals surface area contributed by atoms with E-state index in [9.17, 15) is 4.79 Å². The van der Waals surface area contributed by atoms with Crippen molar-refractivity contribution in [3.8, 4) is 0 Å². The van der Waals surface area contributed by atoms with E-state index in [1.165, 1.54) is 50.5 Å². The predicted molar refractivity (Wildman–Crippen MR) is 78.7 cm³/mol. The van der Waals surface area contributed by atoms with Gasteiger partial charge in [0.05, 0.1) is 0 Å². The highest BCUT2D eigenvalue weighted by Gasteiger charge is 2.24. The Morgan fingerprint density at radius 2 is 2.05 bits per heavy atom. The molecule has 19 heavy (non-hydrogen) atoms. The lowest BCUT2D eigenvalue weighted by Crippen LogP contribution is -2.46. The fraction of sp³-hybridized carbons (Fsp3) is 0.812. The molecule has 1 atom stereocenters. The maximum Gasteiger partial charge on any atom is 0.224 e. The van der Waals surface area contributed by atoms with Crippen LogP contribution in [0, 0.1) is 5.92 Å². The molecular formula is C16H28N2O. The van der Waals surface area contributed by atoms with Crippen LogP contribution in [0.2, 0.25) is 0 Å². The summed E-state index contributed by atoms with van der Waals surface area (Å²) in [6, 6.07) is 0.192. The fourth-order valence-corrected chi connectivity index (χ4v) is 3.44. The summed E-state index contributed by atoms with van der Waals surface area (Å²) >= 11 is 0. The van der Waals surface area contributed by atoms with Gasteiger partial charge in [-0.25, -0.2) is 0 Å². The zero-order valence-electron chi connectivity index (χ0n) is 12.0. The van der Waals surface area contributed by atoms with E-state index < -0.39 is 0 Å². The molecule has 0 aromatic carbocycles. The Balaban J connectivity index is 1.79. The molecular weight excluding hydrogens is 236 g/mol. The summed E-state index contributed by atoms with van der Waals surface area (Å²) in [7, 11) is 0. The normalized spacial score (nSPS) is 22.7. The summed E-state index contributed by atoms with van der Waals surface area (Å²) in [6.45, 7) is 0.579. The number of allylic oxidation sites excluding steroid dienone is 1. The van der Waals surface area contributed by atoms with Gasteiger partial charge >= 0.3 is 0 Å². The van der Waals surface area contributed by atoms with Crippen molar-refractivity contribution in [3.63, 3.8) is 0 Å². The van der Waals surface area contributed by atoms with Crippen LogP contribution in [0.5, 0.6) is 0 Å². The van der Waals surface area contributed by atoms with Crippen molar-refractivity contribution in [1.29, 1.82) is 0 Å². The topological polar surface area (TPSA) is 55.1 Å². The minimum absolute atomic E-state index is 0.175. The summed E-state index contributed by atoms with van der Waals surface area (Å²) in [5.41, 5.74) is 7.18. The molecule has 0 bridgehead atoms. The zero-order chi connectivity index (χ0) is 13.5. The molecule has 3 nitrogen and oxygen atoms in total. The molecule has 0 aliphatic heterocycles. The van der Waals surface area contributed by atoms with Gasteiger partial charge in [-0.3, -0.25) is 4.79 Å². The van der Waals surface area contributed by atoms with Crippen LogP contribution in [0.1, 0.15) is 64.2 Å². The minimum atomic E-state index is 0.175. The number of hydrogen-bond donors (Lipinski definition) is 2. The SMILES string of the molecule is NCC(NC(=O)CC1=CCCCC1)C1CCCCC1. The fourth-order valence-electron chi connectivity index (χ4n) is 3.44. The van der Waals surface area contributed by atoms with Crippen molar-refractivity contribution >= 4 is 5.91 Å². The predicted octanol–water partition coefficient (Wildman–Crippen LogP) is 2.90. The van der Waals surface area contributed by atoms with E-state index in [4.69, 9.17) is 5.73 Å². The van der Waals surface area contributed by atoms with E-state index in [-0.39, 0.29) is 11.9 Å². The lowest BCUT2D eigenvalue weighted by atomic mass is 9.83. The molecule has 0 aromatic rings. The Morgan fingerprint density at radius 1 is 1.26 bits per heavy atom. The highest BCUT2D eigenvalue weighted by molar-refractivity contribution is 5.78. The highest BCUT2D eigenvalue weighted by atomic mass is 16.1. The van der Waals surface area contributed by atoms with Gasteiger partial charge in [0.15, 0.2) is 0 Å². The van der Waals surface area contributed by atoms with Gasteiger partial charge in [0.25, 0.3) is 0 Å². The highest BCUT2D eigenvalue weighted by Crippen LogP contribution is 2.26. The smallest absolute Gasteiger partial charge is 0.224 e. The third-order valence-electron chi connectivity index (χ3n) is 4.59. The van der Waals surface area contributed by atoms with E-state index in [0.29, 0.717) is 18.9 Å². The standard InChI is InChI=1S/C16H28N2O/c17-12-15(14-9-5-2-6-10-14)18-16(19)11-13-7-3-1-4-8-13/h7,14-15H,1-6,8-12,17H2,(H,18,19). The molecule has 1 fully saturated rings. The number of nitrogens with one attached hydrogen (secondary N) is 1. The molecule has 1 unspecified atom stereocenters. The summed E-state index contributed by atoms with van der Waals surface area (Å²) in [5, 5.41) is 3.18. The molecule has 108 valence electrons. The number of carbonyl (C=O) groups is 1. The Morgan fingerprint density at radius 3 is 2.68 bits per heavy atom. The number of rotatable bonds is 5. The number of nitrogens with two attached hydrogens (primary N) is 1. The first-order valence-electron chi connectivity index (χ1n) is 7.97. The van der Waals surface area contributed by atoms with Gasteiger partial charge in [0, 0.05) is 19.0 Å². The van der Waals surface area contributed by atoms with E-state index >= 15 is 0 Å². The van der Waals surface area contributed by atoms with Gasteiger partial charge in [-0.1, -0.05) is 30.9 Å². The molecule has 2 aliphatic rings. The first-order valence-corrected chi connectivity index (χ1v) is 7.97. The second-order valence-electron chi connectivity index (χ2n) is 6.09. The molecule has 0 spiro atoms. The van der Waals surface area contributed by atoms with Crippen LogP contribution in [0.4, 0.5) is 0 Å². The molecule has 0 heterocycles. The summed E-state index contributed by atoms with van der Waals surface area (Å²) < 4.78 is 0. The van der Waals surface area contributed by atoms with Gasteiger partial charge in [0.1, 0.15) is 0 Å². The summed E-state index contributed by atoms with van der Waals surface area (Å²) in [6.07, 6.45) is 14.0. The molecule has 2 aliphatic carbocycles. The molecule has 0 radical (unpaired) electrons. The van der Waals surface area contributed by atoms with Crippen molar-refractivity contribution < 1.29 is 4.79 Å². The van der Waals surface area contributed by atoms with E-state index in [1.807, 2.05) is 0 Å². The monoisotopic (exact) mass is 264 g/mol. The van der Waals surface area contributed by atoms with Crippen LogP contribution in [0.25, 0.3) is 0 Å². The van der Waals surface area contributed by atoms with Crippen LogP contribution in [-0.4, -0.2) is 18.5 Å². The van der Waals surface area contributed by atoms with Crippen molar-refractivity contribution in [2.45, 2.75) is 70.3 Å². The van der Waals surface area contributed by atoms with E-state index in [2.05, 4.69) is 11.4 Å². The van der Waals surface area contributed by atoms with Crippen LogP contribution < -0.4 is 11.1 Å². The number of carbonyl (C=O) groups excluding carboxylic acids is 1. The van der Waals surface area contributed by atoms with Gasteiger partial charge in [-0.05, 0) is 44.4 Å². The van der Waals surface area contributed by atoms with E-state index in [1.54, 1.807) is 0 Å². The van der Waals surface area contributed by atoms with Gasteiger partial charge < -0.3 is 11.1 Å².